The van der Waals surface area contributed by atoms with E-state index in [0.717, 1.165) is 22.4 Å². The van der Waals surface area contributed by atoms with Crippen LogP contribution in [0, 0.1) is 13.8 Å². The molecule has 1 aromatic heterocycles. The molecule has 1 amide bonds. The van der Waals surface area contributed by atoms with Crippen LogP contribution in [0.2, 0.25) is 5.02 Å². The van der Waals surface area contributed by atoms with Gasteiger partial charge in [-0.2, -0.15) is 0 Å². The number of amides is 1. The number of aryl methyl sites for hydroxylation is 2. The molecule has 0 aliphatic heterocycles. The van der Waals surface area contributed by atoms with Gasteiger partial charge in [0.2, 0.25) is 5.91 Å². The van der Waals surface area contributed by atoms with Crippen molar-refractivity contribution in [3.63, 3.8) is 0 Å². The third-order valence-corrected chi connectivity index (χ3v) is 3.96. The molecule has 6 heteroatoms. The molecule has 0 aliphatic carbocycles. The van der Waals surface area contributed by atoms with E-state index in [0.29, 0.717) is 16.6 Å². The number of carbonyl (C=O) groups excluding carboxylic acids is 1. The minimum absolute atomic E-state index is 0.142. The van der Waals surface area contributed by atoms with Crippen LogP contribution in [-0.4, -0.2) is 16.9 Å². The van der Waals surface area contributed by atoms with Gasteiger partial charge in [-0.3, -0.25) is 4.79 Å². The van der Waals surface area contributed by atoms with E-state index in [-0.39, 0.29) is 5.91 Å². The third kappa shape index (κ3) is 3.51. The second-order valence-corrected chi connectivity index (χ2v) is 6.17. The molecule has 0 spiro atoms. The van der Waals surface area contributed by atoms with E-state index in [4.69, 9.17) is 16.0 Å². The van der Waals surface area contributed by atoms with Crippen LogP contribution < -0.4 is 10.6 Å². The van der Waals surface area contributed by atoms with Gasteiger partial charge in [-0.05, 0) is 49.7 Å². The number of halogens is 1. The van der Waals surface area contributed by atoms with Crippen LogP contribution in [0.1, 0.15) is 18.4 Å². The molecule has 0 aliphatic rings. The number of fused-ring (bicyclic) bond motifs is 1. The Balaban J connectivity index is 1.71. The molecule has 1 heterocycles. The SMILES string of the molecule is Cc1nc2cc(NC(C)C(=O)Nc3cc(Cl)ccc3C)ccc2o1. The Hall–Kier alpha value is -2.53. The summed E-state index contributed by atoms with van der Waals surface area (Å²) in [5.74, 6) is 0.473. The van der Waals surface area contributed by atoms with E-state index >= 15 is 0 Å². The number of benzene rings is 2. The molecule has 0 saturated heterocycles. The van der Waals surface area contributed by atoms with E-state index in [1.807, 2.05) is 31.2 Å². The van der Waals surface area contributed by atoms with Crippen LogP contribution in [0.5, 0.6) is 0 Å². The van der Waals surface area contributed by atoms with Gasteiger partial charge in [0.25, 0.3) is 0 Å². The predicted molar refractivity (Wildman–Crippen MR) is 96.6 cm³/mol. The van der Waals surface area contributed by atoms with E-state index in [1.54, 1.807) is 26.0 Å². The molecule has 1 atom stereocenters. The Bertz CT molecular complexity index is 904. The first-order chi connectivity index (χ1) is 11.4. The van der Waals surface area contributed by atoms with Crippen molar-refractivity contribution < 1.29 is 9.21 Å². The molecular weight excluding hydrogens is 326 g/mol. The number of hydrogen-bond donors (Lipinski definition) is 2. The topological polar surface area (TPSA) is 67.2 Å². The molecule has 0 radical (unpaired) electrons. The lowest BCUT2D eigenvalue weighted by atomic mass is 10.2. The van der Waals surface area contributed by atoms with Crippen molar-refractivity contribution in [1.82, 2.24) is 4.98 Å². The van der Waals surface area contributed by atoms with Gasteiger partial charge < -0.3 is 15.1 Å². The van der Waals surface area contributed by atoms with Crippen molar-refractivity contribution in [2.45, 2.75) is 26.8 Å². The highest BCUT2D eigenvalue weighted by Crippen LogP contribution is 2.22. The minimum Gasteiger partial charge on any atom is -0.441 e. The molecule has 2 N–H and O–H groups in total. The van der Waals surface area contributed by atoms with Crippen molar-refractivity contribution >= 4 is 40.0 Å². The number of rotatable bonds is 4. The lowest BCUT2D eigenvalue weighted by Gasteiger charge is -2.16. The van der Waals surface area contributed by atoms with Gasteiger partial charge in [0.1, 0.15) is 11.6 Å². The number of nitrogens with one attached hydrogen (secondary N) is 2. The smallest absolute Gasteiger partial charge is 0.246 e. The maximum Gasteiger partial charge on any atom is 0.246 e. The molecule has 24 heavy (non-hydrogen) atoms. The molecule has 0 saturated carbocycles. The van der Waals surface area contributed by atoms with Gasteiger partial charge in [0, 0.05) is 23.3 Å². The summed E-state index contributed by atoms with van der Waals surface area (Å²) in [5.41, 5.74) is 3.96. The molecule has 5 nitrogen and oxygen atoms in total. The highest BCUT2D eigenvalue weighted by atomic mass is 35.5. The summed E-state index contributed by atoms with van der Waals surface area (Å²) in [6, 6.07) is 10.5. The summed E-state index contributed by atoms with van der Waals surface area (Å²) in [6.07, 6.45) is 0. The summed E-state index contributed by atoms with van der Waals surface area (Å²) in [7, 11) is 0. The fourth-order valence-corrected chi connectivity index (χ4v) is 2.59. The summed E-state index contributed by atoms with van der Waals surface area (Å²) in [4.78, 5) is 16.7. The number of aromatic nitrogens is 1. The highest BCUT2D eigenvalue weighted by molar-refractivity contribution is 6.31. The first-order valence-corrected chi connectivity index (χ1v) is 8.01. The van der Waals surface area contributed by atoms with Crippen LogP contribution in [0.15, 0.2) is 40.8 Å². The zero-order valence-corrected chi connectivity index (χ0v) is 14.4. The summed E-state index contributed by atoms with van der Waals surface area (Å²) in [5, 5.41) is 6.65. The molecule has 0 bridgehead atoms. The third-order valence-electron chi connectivity index (χ3n) is 3.73. The van der Waals surface area contributed by atoms with Gasteiger partial charge in [0.15, 0.2) is 11.5 Å². The first-order valence-electron chi connectivity index (χ1n) is 7.63. The van der Waals surface area contributed by atoms with Gasteiger partial charge in [0.05, 0.1) is 0 Å². The normalized spacial score (nSPS) is 12.2. The molecule has 3 rings (SSSR count). The zero-order chi connectivity index (χ0) is 17.3. The Morgan fingerprint density at radius 1 is 1.21 bits per heavy atom. The number of anilines is 2. The quantitative estimate of drug-likeness (QED) is 0.730. The lowest BCUT2D eigenvalue weighted by molar-refractivity contribution is -0.116. The fraction of sp³-hybridized carbons (Fsp3) is 0.222. The average Bonchev–Trinajstić information content (AvgIpc) is 2.90. The molecule has 2 aromatic carbocycles. The van der Waals surface area contributed by atoms with Crippen LogP contribution in [-0.2, 0) is 4.79 Å². The second kappa shape index (κ2) is 6.53. The van der Waals surface area contributed by atoms with E-state index in [2.05, 4.69) is 15.6 Å². The number of carbonyl (C=O) groups is 1. The number of hydrogen-bond acceptors (Lipinski definition) is 4. The number of nitrogens with zero attached hydrogens (tertiary/aromatic N) is 1. The molecular formula is C18H18ClN3O2. The van der Waals surface area contributed by atoms with Gasteiger partial charge >= 0.3 is 0 Å². The fourth-order valence-electron chi connectivity index (χ4n) is 2.42. The maximum absolute atomic E-state index is 12.4. The van der Waals surface area contributed by atoms with Crippen LogP contribution >= 0.6 is 11.6 Å². The maximum atomic E-state index is 12.4. The Labute approximate surface area is 145 Å². The standard InChI is InChI=1S/C18H18ClN3O2/c1-10-4-5-13(19)8-15(10)22-18(23)11(2)20-14-6-7-17-16(9-14)21-12(3)24-17/h4-9,11,20H,1-3H3,(H,22,23). The minimum atomic E-state index is -0.422. The second-order valence-electron chi connectivity index (χ2n) is 5.73. The molecule has 0 fully saturated rings. The van der Waals surface area contributed by atoms with Crippen LogP contribution in [0.4, 0.5) is 11.4 Å². The van der Waals surface area contributed by atoms with Crippen molar-refractivity contribution in [3.8, 4) is 0 Å². The highest BCUT2D eigenvalue weighted by Gasteiger charge is 2.14. The Kier molecular flexibility index (Phi) is 4.44. The average molecular weight is 344 g/mol. The van der Waals surface area contributed by atoms with Crippen molar-refractivity contribution in [2.24, 2.45) is 0 Å². The van der Waals surface area contributed by atoms with Gasteiger partial charge in [-0.25, -0.2) is 4.98 Å². The zero-order valence-electron chi connectivity index (χ0n) is 13.7. The van der Waals surface area contributed by atoms with E-state index in [1.165, 1.54) is 0 Å². The Morgan fingerprint density at radius 2 is 2.00 bits per heavy atom. The van der Waals surface area contributed by atoms with Crippen molar-refractivity contribution in [1.29, 1.82) is 0 Å². The van der Waals surface area contributed by atoms with Crippen LogP contribution in [0.25, 0.3) is 11.1 Å². The largest absolute Gasteiger partial charge is 0.441 e. The monoisotopic (exact) mass is 343 g/mol. The van der Waals surface area contributed by atoms with Crippen molar-refractivity contribution in [3.05, 3.63) is 52.9 Å². The van der Waals surface area contributed by atoms with E-state index in [9.17, 15) is 4.79 Å². The molecule has 3 aromatic rings. The summed E-state index contributed by atoms with van der Waals surface area (Å²) >= 11 is 5.98. The van der Waals surface area contributed by atoms with Crippen LogP contribution in [0.3, 0.4) is 0 Å². The molecule has 124 valence electrons. The van der Waals surface area contributed by atoms with E-state index < -0.39 is 6.04 Å². The summed E-state index contributed by atoms with van der Waals surface area (Å²) < 4.78 is 5.45. The lowest BCUT2D eigenvalue weighted by Crippen LogP contribution is -2.32. The molecule has 1 unspecified atom stereocenters. The van der Waals surface area contributed by atoms with Gasteiger partial charge in [-0.15, -0.1) is 0 Å². The number of oxazole rings is 1. The predicted octanol–water partition coefficient (Wildman–Crippen LogP) is 4.54. The summed E-state index contributed by atoms with van der Waals surface area (Å²) in [6.45, 7) is 5.52. The van der Waals surface area contributed by atoms with Gasteiger partial charge in [-0.1, -0.05) is 17.7 Å². The Morgan fingerprint density at radius 3 is 2.79 bits per heavy atom. The first kappa shape index (κ1) is 16.3. The van der Waals surface area contributed by atoms with Crippen molar-refractivity contribution in [2.75, 3.05) is 10.6 Å².